The summed E-state index contributed by atoms with van der Waals surface area (Å²) in [6, 6.07) is 0. The summed E-state index contributed by atoms with van der Waals surface area (Å²) in [5.74, 6) is 0. The van der Waals surface area contributed by atoms with Crippen LogP contribution in [0.15, 0.2) is 0 Å². The summed E-state index contributed by atoms with van der Waals surface area (Å²) in [5, 5.41) is 30.6. The molecule has 0 radical (unpaired) electrons. The van der Waals surface area contributed by atoms with Gasteiger partial charge in [0.1, 0.15) is 18.3 Å². The first-order valence-corrected chi connectivity index (χ1v) is 10.6. The lowest BCUT2D eigenvalue weighted by atomic mass is 9.99. The minimum atomic E-state index is -0.897. The van der Waals surface area contributed by atoms with Gasteiger partial charge in [-0.3, -0.25) is 0 Å². The minimum absolute atomic E-state index is 0.204. The van der Waals surface area contributed by atoms with Crippen LogP contribution in [-0.2, 0) is 33.2 Å². The molecule has 3 heterocycles. The van der Waals surface area contributed by atoms with Gasteiger partial charge in [-0.1, -0.05) is 0 Å². The van der Waals surface area contributed by atoms with Gasteiger partial charge in [0.05, 0.1) is 36.6 Å². The predicted octanol–water partition coefficient (Wildman–Crippen LogP) is -0.0944. The first kappa shape index (κ1) is 24.2. The molecule has 3 fully saturated rings. The molecule has 0 unspecified atom stereocenters. The number of aliphatic hydroxyl groups excluding tert-OH is 3. The van der Waals surface area contributed by atoms with Gasteiger partial charge in [-0.05, 0) is 20.8 Å². The molecule has 0 bridgehead atoms. The van der Waals surface area contributed by atoms with Gasteiger partial charge >= 0.3 is 0 Å². The quantitative estimate of drug-likeness (QED) is 0.520. The third kappa shape index (κ3) is 5.50. The van der Waals surface area contributed by atoms with Gasteiger partial charge in [0.2, 0.25) is 0 Å². The molecule has 3 rings (SSSR count). The number of ether oxygens (including phenoxy) is 7. The zero-order valence-corrected chi connectivity index (χ0v) is 18.2. The van der Waals surface area contributed by atoms with Crippen LogP contribution in [0.2, 0.25) is 0 Å². The second kappa shape index (κ2) is 10.5. The van der Waals surface area contributed by atoms with E-state index >= 15 is 0 Å². The van der Waals surface area contributed by atoms with Gasteiger partial charge in [0.15, 0.2) is 18.9 Å². The van der Waals surface area contributed by atoms with E-state index < -0.39 is 67.7 Å². The number of methoxy groups -OCH3 is 2. The van der Waals surface area contributed by atoms with Crippen molar-refractivity contribution in [2.24, 2.45) is 0 Å². The third-order valence-electron chi connectivity index (χ3n) is 6.15. The molecule has 0 aromatic rings. The van der Waals surface area contributed by atoms with Crippen molar-refractivity contribution >= 4 is 0 Å². The highest BCUT2D eigenvalue weighted by Crippen LogP contribution is 2.32. The lowest BCUT2D eigenvalue weighted by molar-refractivity contribution is -0.333. The largest absolute Gasteiger partial charge is 0.390 e. The molecular weight excluding hydrogens is 400 g/mol. The molecule has 0 saturated carbocycles. The molecule has 0 aromatic carbocycles. The van der Waals surface area contributed by atoms with Crippen LogP contribution in [0.5, 0.6) is 0 Å². The Kier molecular flexibility index (Phi) is 8.47. The van der Waals surface area contributed by atoms with Crippen LogP contribution in [-0.4, -0.2) is 103 Å². The summed E-state index contributed by atoms with van der Waals surface area (Å²) < 4.78 is 40.0. The highest BCUT2D eigenvalue weighted by Gasteiger charge is 2.45. The third-order valence-corrected chi connectivity index (χ3v) is 6.15. The molecule has 0 amide bonds. The molecule has 3 saturated heterocycles. The fourth-order valence-electron chi connectivity index (χ4n) is 4.43. The van der Waals surface area contributed by atoms with Crippen LogP contribution in [0.1, 0.15) is 40.0 Å². The average molecular weight is 436 g/mol. The summed E-state index contributed by atoms with van der Waals surface area (Å²) in [4.78, 5) is 0. The van der Waals surface area contributed by atoms with E-state index in [9.17, 15) is 15.3 Å². The van der Waals surface area contributed by atoms with Crippen molar-refractivity contribution in [3.05, 3.63) is 0 Å². The van der Waals surface area contributed by atoms with E-state index in [-0.39, 0.29) is 12.5 Å². The molecule has 0 aromatic heterocycles. The maximum atomic E-state index is 10.7. The van der Waals surface area contributed by atoms with Gasteiger partial charge < -0.3 is 48.5 Å². The van der Waals surface area contributed by atoms with Crippen molar-refractivity contribution in [2.75, 3.05) is 14.2 Å². The highest BCUT2D eigenvalue weighted by atomic mass is 16.7. The molecule has 0 aliphatic carbocycles. The van der Waals surface area contributed by atoms with Crippen molar-refractivity contribution in [1.29, 1.82) is 0 Å². The normalized spacial score (nSPS) is 50.4. The van der Waals surface area contributed by atoms with Gasteiger partial charge in [0.25, 0.3) is 0 Å². The minimum Gasteiger partial charge on any atom is -0.390 e. The van der Waals surface area contributed by atoms with Crippen molar-refractivity contribution in [3.63, 3.8) is 0 Å². The van der Waals surface area contributed by atoms with E-state index in [1.807, 2.05) is 0 Å². The van der Waals surface area contributed by atoms with Gasteiger partial charge in [0, 0.05) is 33.5 Å². The first-order chi connectivity index (χ1) is 14.2. The number of hydrogen-bond donors (Lipinski definition) is 3. The maximum absolute atomic E-state index is 10.7. The molecule has 10 heteroatoms. The molecule has 176 valence electrons. The second-order valence-electron chi connectivity index (χ2n) is 8.35. The second-order valence-corrected chi connectivity index (χ2v) is 8.35. The standard InChI is InChI=1S/C20H36O10/c1-9-18(23)13(24-4)8-17(27-9)29-19-10(2)28-16(6-12(19)21)30-20-11(3)26-15(22)7-14(20)25-5/h9-23H,6-8H2,1-5H3/t9-,10-,11-,12+,13-,14-,15-,16+,17+,18-,19-,20-/m1/s1. The van der Waals surface area contributed by atoms with E-state index in [2.05, 4.69) is 0 Å². The molecule has 10 nitrogen and oxygen atoms in total. The Bertz CT molecular complexity index is 524. The zero-order chi connectivity index (χ0) is 22.0. The number of hydrogen-bond acceptors (Lipinski definition) is 10. The Morgan fingerprint density at radius 3 is 1.87 bits per heavy atom. The maximum Gasteiger partial charge on any atom is 0.161 e. The smallest absolute Gasteiger partial charge is 0.161 e. The molecule has 30 heavy (non-hydrogen) atoms. The van der Waals surface area contributed by atoms with E-state index in [4.69, 9.17) is 33.2 Å². The average Bonchev–Trinajstić information content (AvgIpc) is 2.69. The predicted molar refractivity (Wildman–Crippen MR) is 102 cm³/mol. The Labute approximate surface area is 177 Å². The summed E-state index contributed by atoms with van der Waals surface area (Å²) in [6.07, 6.45) is -6.00. The van der Waals surface area contributed by atoms with Crippen molar-refractivity contribution < 1.29 is 48.5 Å². The van der Waals surface area contributed by atoms with Crippen molar-refractivity contribution in [1.82, 2.24) is 0 Å². The topological polar surface area (TPSA) is 125 Å². The van der Waals surface area contributed by atoms with Crippen LogP contribution in [0.25, 0.3) is 0 Å². The molecule has 3 N–H and O–H groups in total. The summed E-state index contributed by atoms with van der Waals surface area (Å²) in [6.45, 7) is 5.36. The van der Waals surface area contributed by atoms with E-state index in [1.54, 1.807) is 27.9 Å². The lowest BCUT2D eigenvalue weighted by Crippen LogP contribution is -2.56. The Morgan fingerprint density at radius 1 is 0.667 bits per heavy atom. The van der Waals surface area contributed by atoms with E-state index in [0.717, 1.165) is 0 Å². The SMILES string of the molecule is CO[C@@H]1C[C@H](O[C@H]2[C@@H](O)C[C@H](O[C@@H]3[C@@H](C)O[C@@H](O)C[C@H]3OC)O[C@@H]2C)O[C@H](C)[C@H]1O. The molecular formula is C20H36O10. The Balaban J connectivity index is 1.56. The van der Waals surface area contributed by atoms with Crippen LogP contribution < -0.4 is 0 Å². The van der Waals surface area contributed by atoms with Gasteiger partial charge in [-0.25, -0.2) is 0 Å². The molecule has 3 aliphatic rings. The first-order valence-electron chi connectivity index (χ1n) is 10.6. The Hall–Kier alpha value is -0.400. The van der Waals surface area contributed by atoms with Gasteiger partial charge in [-0.15, -0.1) is 0 Å². The fourth-order valence-corrected chi connectivity index (χ4v) is 4.43. The van der Waals surface area contributed by atoms with Crippen molar-refractivity contribution in [3.8, 4) is 0 Å². The van der Waals surface area contributed by atoms with Crippen molar-refractivity contribution in [2.45, 2.75) is 114 Å². The van der Waals surface area contributed by atoms with Crippen LogP contribution in [0.4, 0.5) is 0 Å². The number of rotatable bonds is 6. The monoisotopic (exact) mass is 436 g/mol. The van der Waals surface area contributed by atoms with Crippen LogP contribution >= 0.6 is 0 Å². The molecule has 0 spiro atoms. The molecule has 3 aliphatic heterocycles. The zero-order valence-electron chi connectivity index (χ0n) is 18.2. The highest BCUT2D eigenvalue weighted by molar-refractivity contribution is 4.88. The van der Waals surface area contributed by atoms with Crippen LogP contribution in [0.3, 0.4) is 0 Å². The lowest BCUT2D eigenvalue weighted by Gasteiger charge is -2.44. The van der Waals surface area contributed by atoms with E-state index in [0.29, 0.717) is 12.8 Å². The fraction of sp³-hybridized carbons (Fsp3) is 1.00. The van der Waals surface area contributed by atoms with Crippen LogP contribution in [0, 0.1) is 0 Å². The number of aliphatic hydroxyl groups is 3. The molecule has 12 atom stereocenters. The Morgan fingerprint density at radius 2 is 1.23 bits per heavy atom. The van der Waals surface area contributed by atoms with E-state index in [1.165, 1.54) is 7.11 Å². The summed E-state index contributed by atoms with van der Waals surface area (Å²) >= 11 is 0. The summed E-state index contributed by atoms with van der Waals surface area (Å²) in [7, 11) is 3.10. The summed E-state index contributed by atoms with van der Waals surface area (Å²) in [5.41, 5.74) is 0. The van der Waals surface area contributed by atoms with Gasteiger partial charge in [-0.2, -0.15) is 0 Å².